The molecule has 0 spiro atoms. The molecule has 0 aliphatic heterocycles. The van der Waals surface area contributed by atoms with E-state index in [1.807, 2.05) is 6.08 Å². The van der Waals surface area contributed by atoms with E-state index in [9.17, 15) is 9.59 Å². The van der Waals surface area contributed by atoms with Gasteiger partial charge in [-0.15, -0.1) is 6.58 Å². The molecule has 4 aliphatic carbocycles. The molecule has 4 aliphatic rings. The number of carbonyl (C=O) groups is 2. The summed E-state index contributed by atoms with van der Waals surface area (Å²) in [6.07, 6.45) is 11.1. The van der Waals surface area contributed by atoms with Crippen LogP contribution in [0.4, 0.5) is 0 Å². The Balaban J connectivity index is 1.66. The van der Waals surface area contributed by atoms with Crippen molar-refractivity contribution in [3.8, 4) is 0 Å². The molecule has 1 atom stereocenters. The molecule has 4 nitrogen and oxygen atoms in total. The van der Waals surface area contributed by atoms with Crippen molar-refractivity contribution < 1.29 is 14.3 Å². The topological polar surface area (TPSA) is 55.4 Å². The summed E-state index contributed by atoms with van der Waals surface area (Å²) in [6.45, 7) is 3.71. The monoisotopic (exact) mass is 319 g/mol. The number of amides is 1. The van der Waals surface area contributed by atoms with E-state index in [1.54, 1.807) is 0 Å². The van der Waals surface area contributed by atoms with Gasteiger partial charge in [0.05, 0.1) is 7.11 Å². The standard InChI is InChI=1S/C19H29NO3/c1-3-4-5-6-16(17(21)23-2)20-18(22)19-10-13-7-14(11-19)9-15(8-13)12-19/h3,13-16H,1,4-12H2,2H3,(H,20,22)/t13?,14?,15?,16-,19?/m0/s1. The number of methoxy groups -OCH3 is 1. The van der Waals surface area contributed by atoms with Gasteiger partial charge < -0.3 is 10.1 Å². The van der Waals surface area contributed by atoms with E-state index in [0.29, 0.717) is 6.42 Å². The van der Waals surface area contributed by atoms with Crippen molar-refractivity contribution >= 4 is 11.9 Å². The number of allylic oxidation sites excluding steroid dienone is 1. The van der Waals surface area contributed by atoms with Crippen LogP contribution in [0.15, 0.2) is 12.7 Å². The van der Waals surface area contributed by atoms with Crippen molar-refractivity contribution in [2.24, 2.45) is 23.2 Å². The highest BCUT2D eigenvalue weighted by molar-refractivity contribution is 5.88. The number of hydrogen-bond donors (Lipinski definition) is 1. The van der Waals surface area contributed by atoms with Gasteiger partial charge in [-0.05, 0) is 75.5 Å². The zero-order valence-electron chi connectivity index (χ0n) is 14.2. The highest BCUT2D eigenvalue weighted by Gasteiger charge is 2.54. The molecule has 0 radical (unpaired) electrons. The van der Waals surface area contributed by atoms with Crippen LogP contribution in [0.3, 0.4) is 0 Å². The molecule has 0 aromatic carbocycles. The van der Waals surface area contributed by atoms with Gasteiger partial charge in [0.15, 0.2) is 0 Å². The van der Waals surface area contributed by atoms with Crippen LogP contribution in [0.1, 0.15) is 57.8 Å². The first kappa shape index (κ1) is 16.5. The Morgan fingerprint density at radius 2 is 1.78 bits per heavy atom. The van der Waals surface area contributed by atoms with E-state index in [4.69, 9.17) is 4.74 Å². The minimum Gasteiger partial charge on any atom is -0.467 e. The summed E-state index contributed by atoms with van der Waals surface area (Å²) >= 11 is 0. The third kappa shape index (κ3) is 3.31. The van der Waals surface area contributed by atoms with Crippen molar-refractivity contribution in [3.63, 3.8) is 0 Å². The average molecular weight is 319 g/mol. The molecule has 23 heavy (non-hydrogen) atoms. The first-order valence-corrected chi connectivity index (χ1v) is 9.06. The smallest absolute Gasteiger partial charge is 0.328 e. The minimum absolute atomic E-state index is 0.102. The first-order valence-electron chi connectivity index (χ1n) is 9.06. The second kappa shape index (κ2) is 6.66. The van der Waals surface area contributed by atoms with Gasteiger partial charge >= 0.3 is 5.97 Å². The fourth-order valence-electron chi connectivity index (χ4n) is 5.56. The van der Waals surface area contributed by atoms with E-state index >= 15 is 0 Å². The Morgan fingerprint density at radius 1 is 1.22 bits per heavy atom. The van der Waals surface area contributed by atoms with Gasteiger partial charge in [0.25, 0.3) is 0 Å². The Bertz CT molecular complexity index is 450. The van der Waals surface area contributed by atoms with Crippen molar-refractivity contribution in [1.82, 2.24) is 5.32 Å². The molecule has 1 N–H and O–H groups in total. The molecule has 4 fully saturated rings. The third-order valence-corrected chi connectivity index (χ3v) is 6.21. The van der Waals surface area contributed by atoms with Crippen molar-refractivity contribution in [1.29, 1.82) is 0 Å². The highest BCUT2D eigenvalue weighted by Crippen LogP contribution is 2.60. The predicted molar refractivity (Wildman–Crippen MR) is 88.6 cm³/mol. The maximum atomic E-state index is 13.0. The van der Waals surface area contributed by atoms with E-state index < -0.39 is 6.04 Å². The van der Waals surface area contributed by atoms with Gasteiger partial charge in [-0.3, -0.25) is 4.79 Å². The van der Waals surface area contributed by atoms with Crippen LogP contribution >= 0.6 is 0 Å². The number of esters is 1. The quantitative estimate of drug-likeness (QED) is 0.445. The predicted octanol–water partition coefficient (Wildman–Crippen LogP) is 3.22. The summed E-state index contributed by atoms with van der Waals surface area (Å²) in [4.78, 5) is 25.0. The van der Waals surface area contributed by atoms with Crippen LogP contribution in [0.2, 0.25) is 0 Å². The van der Waals surface area contributed by atoms with Gasteiger partial charge in [0.2, 0.25) is 5.91 Å². The molecule has 4 saturated carbocycles. The van der Waals surface area contributed by atoms with E-state index in [-0.39, 0.29) is 17.3 Å². The molecule has 1 amide bonds. The lowest BCUT2D eigenvalue weighted by Gasteiger charge is -2.55. The minimum atomic E-state index is -0.513. The number of unbranched alkanes of at least 4 members (excludes halogenated alkanes) is 1. The van der Waals surface area contributed by atoms with Crippen LogP contribution < -0.4 is 5.32 Å². The molecule has 0 heterocycles. The SMILES string of the molecule is C=CCCC[C@H](NC(=O)C12CC3CC(CC(C3)C1)C2)C(=O)OC. The van der Waals surface area contributed by atoms with Crippen LogP contribution in [0.5, 0.6) is 0 Å². The molecule has 128 valence electrons. The molecule has 0 aromatic heterocycles. The number of rotatable bonds is 7. The lowest BCUT2D eigenvalue weighted by atomic mass is 9.49. The lowest BCUT2D eigenvalue weighted by Crippen LogP contribution is -2.56. The summed E-state index contributed by atoms with van der Waals surface area (Å²) in [7, 11) is 1.39. The van der Waals surface area contributed by atoms with Gasteiger partial charge in [-0.25, -0.2) is 4.79 Å². The second-order valence-corrected chi connectivity index (χ2v) is 7.97. The van der Waals surface area contributed by atoms with E-state index in [2.05, 4.69) is 11.9 Å². The lowest BCUT2D eigenvalue weighted by molar-refractivity contribution is -0.153. The van der Waals surface area contributed by atoms with Crippen molar-refractivity contribution in [2.45, 2.75) is 63.8 Å². The molecular formula is C19H29NO3. The van der Waals surface area contributed by atoms with Crippen LogP contribution in [-0.2, 0) is 14.3 Å². The van der Waals surface area contributed by atoms with Crippen LogP contribution in [0.25, 0.3) is 0 Å². The zero-order chi connectivity index (χ0) is 16.4. The fourth-order valence-corrected chi connectivity index (χ4v) is 5.56. The van der Waals surface area contributed by atoms with Gasteiger partial charge in [0, 0.05) is 5.41 Å². The molecule has 0 aromatic rings. The molecule has 4 bridgehead atoms. The number of hydrogen-bond acceptors (Lipinski definition) is 3. The summed E-state index contributed by atoms with van der Waals surface area (Å²) in [5.41, 5.74) is -0.209. The van der Waals surface area contributed by atoms with Gasteiger partial charge in [-0.2, -0.15) is 0 Å². The van der Waals surface area contributed by atoms with Crippen LogP contribution in [-0.4, -0.2) is 25.0 Å². The Labute approximate surface area is 139 Å². The first-order chi connectivity index (χ1) is 11.1. The van der Waals surface area contributed by atoms with E-state index in [0.717, 1.165) is 49.9 Å². The molecular weight excluding hydrogens is 290 g/mol. The number of carbonyl (C=O) groups excluding carboxylic acids is 2. The maximum absolute atomic E-state index is 13.0. The zero-order valence-corrected chi connectivity index (χ0v) is 14.2. The fraction of sp³-hybridized carbons (Fsp3) is 0.789. The average Bonchev–Trinajstić information content (AvgIpc) is 2.52. The summed E-state index contributed by atoms with van der Waals surface area (Å²) in [5.74, 6) is 1.95. The van der Waals surface area contributed by atoms with E-state index in [1.165, 1.54) is 26.4 Å². The maximum Gasteiger partial charge on any atom is 0.328 e. The van der Waals surface area contributed by atoms with Gasteiger partial charge in [-0.1, -0.05) is 6.08 Å². The summed E-state index contributed by atoms with van der Waals surface area (Å²) in [5, 5.41) is 3.04. The molecule has 0 saturated heterocycles. The second-order valence-electron chi connectivity index (χ2n) is 7.97. The molecule has 4 rings (SSSR count). The van der Waals surface area contributed by atoms with Crippen LogP contribution in [0, 0.1) is 23.2 Å². The van der Waals surface area contributed by atoms with Gasteiger partial charge in [0.1, 0.15) is 6.04 Å². The molecule has 4 heteroatoms. The number of nitrogens with one attached hydrogen (secondary N) is 1. The Morgan fingerprint density at radius 3 is 2.26 bits per heavy atom. The Hall–Kier alpha value is -1.32. The number of ether oxygens (including phenoxy) is 1. The molecule has 0 unspecified atom stereocenters. The summed E-state index contributed by atoms with van der Waals surface area (Å²) in [6, 6.07) is -0.513. The van der Waals surface area contributed by atoms with Crippen molar-refractivity contribution in [2.75, 3.05) is 7.11 Å². The third-order valence-electron chi connectivity index (χ3n) is 6.21. The largest absolute Gasteiger partial charge is 0.467 e. The Kier molecular flexibility index (Phi) is 4.79. The van der Waals surface area contributed by atoms with Crippen molar-refractivity contribution in [3.05, 3.63) is 12.7 Å². The highest BCUT2D eigenvalue weighted by atomic mass is 16.5. The normalized spacial score (nSPS) is 35.6. The summed E-state index contributed by atoms with van der Waals surface area (Å²) < 4.78 is 4.88.